The van der Waals surface area contributed by atoms with Gasteiger partial charge < -0.3 is 5.11 Å². The van der Waals surface area contributed by atoms with Crippen LogP contribution in [0.25, 0.3) is 0 Å². The molecule has 0 aromatic carbocycles. The lowest BCUT2D eigenvalue weighted by Gasteiger charge is -2.40. The Labute approximate surface area is 93.5 Å². The van der Waals surface area contributed by atoms with Crippen molar-refractivity contribution >= 4 is 5.97 Å². The van der Waals surface area contributed by atoms with Crippen molar-refractivity contribution in [2.75, 3.05) is 6.54 Å². The average molecular weight is 215 g/mol. The number of hydrogen-bond acceptors (Lipinski definition) is 2. The number of aliphatic carboxylic acids is 1. The molecule has 0 aliphatic heterocycles. The highest BCUT2D eigenvalue weighted by atomic mass is 16.4. The van der Waals surface area contributed by atoms with E-state index in [9.17, 15) is 4.79 Å². The van der Waals surface area contributed by atoms with Crippen molar-refractivity contribution in [2.24, 2.45) is 0 Å². The van der Waals surface area contributed by atoms with E-state index in [1.165, 1.54) is 0 Å². The summed E-state index contributed by atoms with van der Waals surface area (Å²) >= 11 is 0. The maximum atomic E-state index is 10.8. The molecule has 15 heavy (non-hydrogen) atoms. The fraction of sp³-hybridized carbons (Fsp3) is 0.917. The Morgan fingerprint density at radius 3 is 2.13 bits per heavy atom. The summed E-state index contributed by atoms with van der Waals surface area (Å²) in [6.07, 6.45) is 3.18. The number of carboxylic acid groups (broad SMARTS) is 1. The van der Waals surface area contributed by atoms with Crippen LogP contribution >= 0.6 is 0 Å². The van der Waals surface area contributed by atoms with Crippen LogP contribution in [0.4, 0.5) is 0 Å². The predicted octanol–water partition coefficient (Wildman–Crippen LogP) is 2.75. The van der Waals surface area contributed by atoms with Gasteiger partial charge in [0.05, 0.1) is 6.54 Å². The SMILES string of the molecule is CCCC(CC)N(CC(=O)O)C(C)(C)C. The molecule has 0 aliphatic rings. The molecule has 0 bridgehead atoms. The molecule has 0 saturated carbocycles. The van der Waals surface area contributed by atoms with Crippen LogP contribution in [0.2, 0.25) is 0 Å². The molecule has 3 heteroatoms. The maximum absolute atomic E-state index is 10.8. The van der Waals surface area contributed by atoms with Gasteiger partial charge in [0.15, 0.2) is 0 Å². The number of nitrogens with zero attached hydrogens (tertiary/aromatic N) is 1. The molecule has 1 unspecified atom stereocenters. The highest BCUT2D eigenvalue weighted by Gasteiger charge is 2.28. The Morgan fingerprint density at radius 2 is 1.87 bits per heavy atom. The number of carboxylic acids is 1. The first-order valence-corrected chi connectivity index (χ1v) is 5.81. The van der Waals surface area contributed by atoms with Crippen molar-refractivity contribution in [3.8, 4) is 0 Å². The molecule has 0 fully saturated rings. The van der Waals surface area contributed by atoms with E-state index in [0.29, 0.717) is 6.04 Å². The first-order chi connectivity index (χ1) is 6.82. The lowest BCUT2D eigenvalue weighted by atomic mass is 9.98. The fourth-order valence-electron chi connectivity index (χ4n) is 1.97. The van der Waals surface area contributed by atoms with E-state index in [-0.39, 0.29) is 12.1 Å². The summed E-state index contributed by atoms with van der Waals surface area (Å²) in [5.41, 5.74) is -0.0752. The van der Waals surface area contributed by atoms with E-state index in [4.69, 9.17) is 5.11 Å². The molecule has 1 atom stereocenters. The van der Waals surface area contributed by atoms with Gasteiger partial charge in [0.1, 0.15) is 0 Å². The van der Waals surface area contributed by atoms with Crippen LogP contribution < -0.4 is 0 Å². The topological polar surface area (TPSA) is 40.5 Å². The smallest absolute Gasteiger partial charge is 0.317 e. The third-order valence-electron chi connectivity index (χ3n) is 2.70. The van der Waals surface area contributed by atoms with Crippen molar-refractivity contribution in [3.05, 3.63) is 0 Å². The second kappa shape index (κ2) is 6.11. The predicted molar refractivity (Wildman–Crippen MR) is 63.1 cm³/mol. The van der Waals surface area contributed by atoms with E-state index >= 15 is 0 Å². The van der Waals surface area contributed by atoms with Crippen LogP contribution in [-0.2, 0) is 4.79 Å². The molecular formula is C12H25NO2. The summed E-state index contributed by atoms with van der Waals surface area (Å²) in [7, 11) is 0. The summed E-state index contributed by atoms with van der Waals surface area (Å²) in [5.74, 6) is -0.737. The molecule has 1 N–H and O–H groups in total. The summed E-state index contributed by atoms with van der Waals surface area (Å²) in [6, 6.07) is 0.381. The second-order valence-corrected chi connectivity index (χ2v) is 5.04. The Bertz CT molecular complexity index is 196. The van der Waals surface area contributed by atoms with Gasteiger partial charge >= 0.3 is 5.97 Å². The van der Waals surface area contributed by atoms with Crippen molar-refractivity contribution in [2.45, 2.75) is 65.5 Å². The minimum Gasteiger partial charge on any atom is -0.480 e. The monoisotopic (exact) mass is 215 g/mol. The minimum absolute atomic E-state index is 0.0752. The molecule has 3 nitrogen and oxygen atoms in total. The Morgan fingerprint density at radius 1 is 1.33 bits per heavy atom. The standard InChI is InChI=1S/C12H25NO2/c1-6-8-10(7-2)13(9-11(14)15)12(3,4)5/h10H,6-9H2,1-5H3,(H,14,15). The first kappa shape index (κ1) is 14.4. The molecule has 90 valence electrons. The van der Waals surface area contributed by atoms with Crippen LogP contribution in [0.5, 0.6) is 0 Å². The zero-order valence-electron chi connectivity index (χ0n) is 10.7. The zero-order chi connectivity index (χ0) is 12.1. The van der Waals surface area contributed by atoms with Gasteiger partial charge in [0.2, 0.25) is 0 Å². The molecule has 0 radical (unpaired) electrons. The zero-order valence-corrected chi connectivity index (χ0v) is 10.7. The van der Waals surface area contributed by atoms with Gasteiger partial charge in [-0.2, -0.15) is 0 Å². The van der Waals surface area contributed by atoms with Gasteiger partial charge in [-0.15, -0.1) is 0 Å². The fourth-order valence-corrected chi connectivity index (χ4v) is 1.97. The lowest BCUT2D eigenvalue weighted by Crippen LogP contribution is -2.50. The van der Waals surface area contributed by atoms with Crippen LogP contribution in [0.15, 0.2) is 0 Å². The van der Waals surface area contributed by atoms with Gasteiger partial charge in [-0.3, -0.25) is 9.69 Å². The van der Waals surface area contributed by atoms with E-state index in [0.717, 1.165) is 19.3 Å². The Balaban J connectivity index is 4.65. The summed E-state index contributed by atoms with van der Waals surface area (Å²) in [4.78, 5) is 12.9. The second-order valence-electron chi connectivity index (χ2n) is 5.04. The average Bonchev–Trinajstić information content (AvgIpc) is 2.09. The summed E-state index contributed by atoms with van der Waals surface area (Å²) in [5, 5.41) is 8.92. The Hall–Kier alpha value is -0.570. The van der Waals surface area contributed by atoms with E-state index < -0.39 is 5.97 Å². The summed E-state index contributed by atoms with van der Waals surface area (Å²) < 4.78 is 0. The molecule has 0 aliphatic carbocycles. The first-order valence-electron chi connectivity index (χ1n) is 5.81. The third-order valence-corrected chi connectivity index (χ3v) is 2.70. The molecule has 0 aromatic heterocycles. The molecule has 0 amide bonds. The summed E-state index contributed by atoms with van der Waals surface area (Å²) in [6.45, 7) is 10.6. The molecule has 0 saturated heterocycles. The number of rotatable bonds is 6. The number of hydrogen-bond donors (Lipinski definition) is 1. The van der Waals surface area contributed by atoms with Gasteiger partial charge in [-0.05, 0) is 33.6 Å². The molecule has 0 rings (SSSR count). The van der Waals surface area contributed by atoms with Gasteiger partial charge in [-0.25, -0.2) is 0 Å². The number of carbonyl (C=O) groups is 1. The quantitative estimate of drug-likeness (QED) is 0.740. The van der Waals surface area contributed by atoms with E-state index in [1.807, 2.05) is 0 Å². The highest BCUT2D eigenvalue weighted by molar-refractivity contribution is 5.69. The van der Waals surface area contributed by atoms with Gasteiger partial charge in [0.25, 0.3) is 0 Å². The van der Waals surface area contributed by atoms with Crippen LogP contribution in [0, 0.1) is 0 Å². The molecule has 0 aromatic rings. The Kier molecular flexibility index (Phi) is 5.88. The van der Waals surface area contributed by atoms with Crippen LogP contribution in [0.3, 0.4) is 0 Å². The van der Waals surface area contributed by atoms with Gasteiger partial charge in [0, 0.05) is 11.6 Å². The van der Waals surface area contributed by atoms with E-state index in [1.54, 1.807) is 0 Å². The third kappa shape index (κ3) is 5.17. The molecule has 0 heterocycles. The van der Waals surface area contributed by atoms with Crippen LogP contribution in [-0.4, -0.2) is 34.1 Å². The highest BCUT2D eigenvalue weighted by Crippen LogP contribution is 2.21. The van der Waals surface area contributed by atoms with Crippen LogP contribution in [0.1, 0.15) is 53.9 Å². The largest absolute Gasteiger partial charge is 0.480 e. The minimum atomic E-state index is -0.737. The van der Waals surface area contributed by atoms with Gasteiger partial charge in [-0.1, -0.05) is 20.3 Å². The van der Waals surface area contributed by atoms with Crippen molar-refractivity contribution < 1.29 is 9.90 Å². The van der Waals surface area contributed by atoms with Crippen molar-refractivity contribution in [1.29, 1.82) is 0 Å². The van der Waals surface area contributed by atoms with E-state index in [2.05, 4.69) is 39.5 Å². The van der Waals surface area contributed by atoms with Crippen molar-refractivity contribution in [1.82, 2.24) is 4.90 Å². The maximum Gasteiger partial charge on any atom is 0.317 e. The molecular weight excluding hydrogens is 190 g/mol. The molecule has 0 spiro atoms. The van der Waals surface area contributed by atoms with Crippen molar-refractivity contribution in [3.63, 3.8) is 0 Å². The lowest BCUT2D eigenvalue weighted by molar-refractivity contribution is -0.140. The normalized spacial score (nSPS) is 14.3.